The molecule has 0 spiro atoms. The average Bonchev–Trinajstić information content (AvgIpc) is 2.35. The molecule has 0 saturated heterocycles. The van der Waals surface area contributed by atoms with E-state index in [0.717, 1.165) is 0 Å². The van der Waals surface area contributed by atoms with E-state index in [9.17, 15) is 40.6 Å². The molecular weight excluding hydrogens is 421 g/mol. The first-order valence-electron chi connectivity index (χ1n) is 4.84. The fraction of sp³-hybridized carbons (Fsp3) is 0.857. The molecule has 22 heavy (non-hydrogen) atoms. The van der Waals surface area contributed by atoms with Crippen LogP contribution in [0.5, 0.6) is 0 Å². The molecule has 15 heteroatoms. The summed E-state index contributed by atoms with van der Waals surface area (Å²) in [7, 11) is -5.15. The first-order chi connectivity index (χ1) is 9.71. The van der Waals surface area contributed by atoms with Gasteiger partial charge in [0.1, 0.15) is 29.5 Å². The van der Waals surface area contributed by atoms with E-state index >= 15 is 0 Å². The number of rotatable bonds is 7. The second kappa shape index (κ2) is 7.45. The van der Waals surface area contributed by atoms with Crippen LogP contribution in [-0.2, 0) is 27.2 Å². The Kier molecular flexibility index (Phi) is 7.31. The molecule has 0 aromatic carbocycles. The smallest absolute Gasteiger partial charge is 0.411 e. The van der Waals surface area contributed by atoms with Crippen molar-refractivity contribution < 1.29 is 58.4 Å². The van der Waals surface area contributed by atoms with Gasteiger partial charge in [-0.2, -0.15) is 26.3 Å². The van der Waals surface area contributed by atoms with Gasteiger partial charge in [0.25, 0.3) is 0 Å². The minimum absolute atomic E-state index is 0.513. The van der Waals surface area contributed by atoms with Gasteiger partial charge in [-0.3, -0.25) is 4.57 Å². The molecule has 0 saturated carbocycles. The van der Waals surface area contributed by atoms with Crippen LogP contribution in [-0.4, -0.2) is 49.1 Å². The van der Waals surface area contributed by atoms with E-state index in [1.165, 1.54) is 0 Å². The predicted octanol–water partition coefficient (Wildman–Crippen LogP) is 2.48. The van der Waals surface area contributed by atoms with Crippen LogP contribution < -0.4 is 0 Å². The Morgan fingerprint density at radius 2 is 1.45 bits per heavy atom. The standard InChI is InChI=1S/C7H8BrF6O7P/c1-18-4(15)7(22(16,17)21-8,19-2-5(9,10)11)20-3-6(12,13)14/h2-3H2,1H3,(H,16,17). The van der Waals surface area contributed by atoms with Crippen LogP contribution in [0.4, 0.5) is 26.3 Å². The van der Waals surface area contributed by atoms with E-state index in [4.69, 9.17) is 0 Å². The number of alkyl halides is 6. The van der Waals surface area contributed by atoms with E-state index in [0.29, 0.717) is 7.11 Å². The van der Waals surface area contributed by atoms with Crippen molar-refractivity contribution >= 4 is 29.8 Å². The maximum Gasteiger partial charge on any atom is 0.411 e. The van der Waals surface area contributed by atoms with Gasteiger partial charge in [0.15, 0.2) is 0 Å². The van der Waals surface area contributed by atoms with Crippen molar-refractivity contribution in [2.24, 2.45) is 0 Å². The highest BCUT2D eigenvalue weighted by atomic mass is 79.9. The zero-order chi connectivity index (χ0) is 17.8. The third-order valence-electron chi connectivity index (χ3n) is 1.77. The largest absolute Gasteiger partial charge is 0.464 e. The van der Waals surface area contributed by atoms with E-state index in [-0.39, 0.29) is 0 Å². The maximum absolute atomic E-state index is 12.1. The van der Waals surface area contributed by atoms with Gasteiger partial charge >= 0.3 is 31.4 Å². The summed E-state index contributed by atoms with van der Waals surface area (Å²) in [5, 5.41) is 0. The summed E-state index contributed by atoms with van der Waals surface area (Å²) in [5.41, 5.74) is -3.99. The van der Waals surface area contributed by atoms with Crippen LogP contribution in [0.2, 0.25) is 0 Å². The first kappa shape index (κ1) is 21.6. The molecule has 0 aliphatic carbocycles. The van der Waals surface area contributed by atoms with Crippen LogP contribution in [0.25, 0.3) is 0 Å². The Balaban J connectivity index is 5.73. The van der Waals surface area contributed by atoms with Crippen LogP contribution in [0.3, 0.4) is 0 Å². The van der Waals surface area contributed by atoms with Gasteiger partial charge in [0, 0.05) is 0 Å². The molecule has 132 valence electrons. The van der Waals surface area contributed by atoms with Crippen molar-refractivity contribution in [1.82, 2.24) is 0 Å². The predicted molar refractivity (Wildman–Crippen MR) is 58.6 cm³/mol. The molecule has 0 bridgehead atoms. The number of methoxy groups -OCH3 is 1. The molecule has 0 aliphatic rings. The van der Waals surface area contributed by atoms with E-state index < -0.39 is 44.7 Å². The van der Waals surface area contributed by atoms with Gasteiger partial charge in [-0.05, 0) is 0 Å². The molecule has 0 radical (unpaired) electrons. The molecule has 0 aromatic heterocycles. The summed E-state index contributed by atoms with van der Waals surface area (Å²) >= 11 is 1.90. The lowest BCUT2D eigenvalue weighted by molar-refractivity contribution is -0.279. The fourth-order valence-electron chi connectivity index (χ4n) is 0.972. The lowest BCUT2D eigenvalue weighted by Gasteiger charge is -2.32. The van der Waals surface area contributed by atoms with Crippen LogP contribution >= 0.6 is 23.9 Å². The second-order valence-electron chi connectivity index (χ2n) is 3.47. The van der Waals surface area contributed by atoms with Gasteiger partial charge in [0.05, 0.1) is 7.11 Å². The first-order valence-corrected chi connectivity index (χ1v) is 7.06. The Labute approximate surface area is 127 Å². The lowest BCUT2D eigenvalue weighted by atomic mass is 10.6. The number of carbonyl (C=O) groups is 1. The Morgan fingerprint density at radius 3 is 1.68 bits per heavy atom. The highest BCUT2D eigenvalue weighted by molar-refractivity contribution is 9.06. The van der Waals surface area contributed by atoms with Crippen molar-refractivity contribution in [2.45, 2.75) is 17.9 Å². The van der Waals surface area contributed by atoms with E-state index in [1.54, 1.807) is 0 Å². The Bertz CT molecular complexity index is 420. The van der Waals surface area contributed by atoms with Crippen molar-refractivity contribution in [3.63, 3.8) is 0 Å². The fourth-order valence-corrected chi connectivity index (χ4v) is 2.41. The summed E-state index contributed by atoms with van der Waals surface area (Å²) in [5.74, 6) is -2.13. The summed E-state index contributed by atoms with van der Waals surface area (Å²) in [6, 6.07) is 0. The second-order valence-corrected chi connectivity index (χ2v) is 6.11. The van der Waals surface area contributed by atoms with Gasteiger partial charge < -0.3 is 19.1 Å². The third-order valence-corrected chi connectivity index (χ3v) is 4.32. The molecule has 1 atom stereocenters. The van der Waals surface area contributed by atoms with Gasteiger partial charge in [-0.1, -0.05) is 0 Å². The van der Waals surface area contributed by atoms with Crippen molar-refractivity contribution in [2.75, 3.05) is 20.3 Å². The summed E-state index contributed by atoms with van der Waals surface area (Å²) in [6.07, 6.45) is -10.3. The molecule has 7 nitrogen and oxygen atoms in total. The molecule has 1 N–H and O–H groups in total. The molecule has 0 aromatic rings. The summed E-state index contributed by atoms with van der Waals surface area (Å²) in [4.78, 5) is 20.8. The van der Waals surface area contributed by atoms with E-state index in [2.05, 4.69) is 17.8 Å². The van der Waals surface area contributed by atoms with Gasteiger partial charge in [-0.15, -0.1) is 0 Å². The number of hydrogen-bond acceptors (Lipinski definition) is 6. The molecule has 0 amide bonds. The minimum atomic E-state index is -5.66. The van der Waals surface area contributed by atoms with E-state index in [1.807, 2.05) is 16.3 Å². The van der Waals surface area contributed by atoms with Crippen molar-refractivity contribution in [1.29, 1.82) is 0 Å². The van der Waals surface area contributed by atoms with Crippen molar-refractivity contribution in [3.05, 3.63) is 0 Å². The normalized spacial score (nSPS) is 16.2. The highest BCUT2D eigenvalue weighted by Crippen LogP contribution is 2.59. The molecule has 0 aliphatic heterocycles. The zero-order valence-corrected chi connectivity index (χ0v) is 12.9. The van der Waals surface area contributed by atoms with Gasteiger partial charge in [0.2, 0.25) is 0 Å². The number of halogens is 7. The molecule has 1 unspecified atom stereocenters. The lowest BCUT2D eigenvalue weighted by Crippen LogP contribution is -2.48. The zero-order valence-electron chi connectivity index (χ0n) is 10.4. The highest BCUT2D eigenvalue weighted by Gasteiger charge is 2.63. The van der Waals surface area contributed by atoms with Crippen LogP contribution in [0.15, 0.2) is 0 Å². The molecule has 0 heterocycles. The number of hydrogen-bond donors (Lipinski definition) is 1. The van der Waals surface area contributed by atoms with Crippen molar-refractivity contribution in [3.8, 4) is 0 Å². The SMILES string of the molecule is COC(=O)C(OCC(F)(F)F)(OCC(F)(F)F)P(=O)(O)OBr. The Hall–Kier alpha value is -0.400. The van der Waals surface area contributed by atoms with Crippen LogP contribution in [0, 0.1) is 0 Å². The number of esters is 1. The monoisotopic (exact) mass is 428 g/mol. The molecule has 0 fully saturated rings. The average molecular weight is 429 g/mol. The quantitative estimate of drug-likeness (QED) is 0.288. The number of ether oxygens (including phenoxy) is 3. The van der Waals surface area contributed by atoms with Gasteiger partial charge in [-0.25, -0.2) is 8.41 Å². The summed E-state index contributed by atoms with van der Waals surface area (Å²) in [6.45, 7) is -4.78. The number of carbonyl (C=O) groups excluding carboxylic acids is 1. The molecular formula is C7H8BrF6O7P. The van der Waals surface area contributed by atoms with Crippen LogP contribution in [0.1, 0.15) is 0 Å². The topological polar surface area (TPSA) is 91.3 Å². The third kappa shape index (κ3) is 6.01. The summed E-state index contributed by atoms with van der Waals surface area (Å²) < 4.78 is 99.7. The maximum atomic E-state index is 12.1. The molecule has 0 rings (SSSR count). The Morgan fingerprint density at radius 1 is 1.09 bits per heavy atom. The minimum Gasteiger partial charge on any atom is -0.464 e.